The maximum Gasteiger partial charge on any atom is 0.418 e. The largest absolute Gasteiger partial charge is 0.418 e. The van der Waals surface area contributed by atoms with Crippen molar-refractivity contribution in [2.24, 2.45) is 4.99 Å². The number of fused-ring (bicyclic) bond motifs is 1. The summed E-state index contributed by atoms with van der Waals surface area (Å²) in [5.41, 5.74) is 0.947. The first-order valence-electron chi connectivity index (χ1n) is 6.38. The Morgan fingerprint density at radius 1 is 1.18 bits per heavy atom. The molecule has 113 valence electrons. The number of rotatable bonds is 2. The Morgan fingerprint density at radius 2 is 2.00 bits per heavy atom. The number of aliphatic imine (C=N–C) groups is 1. The van der Waals surface area contributed by atoms with E-state index in [-0.39, 0.29) is 11.6 Å². The molecule has 0 spiro atoms. The quantitative estimate of drug-likeness (QED) is 0.834. The molecule has 0 fully saturated rings. The number of alkyl halides is 4. The lowest BCUT2D eigenvalue weighted by atomic mass is 10.0. The molecule has 0 bridgehead atoms. The van der Waals surface area contributed by atoms with Gasteiger partial charge in [-0.15, -0.1) is 11.6 Å². The summed E-state index contributed by atoms with van der Waals surface area (Å²) < 4.78 is 39.3. The minimum atomic E-state index is -4.46. The number of pyridine rings is 1. The van der Waals surface area contributed by atoms with E-state index in [9.17, 15) is 13.2 Å². The molecule has 3 rings (SSSR count). The molecule has 0 unspecified atom stereocenters. The normalized spacial score (nSPS) is 14.1. The van der Waals surface area contributed by atoms with Crippen LogP contribution in [0.15, 0.2) is 41.5 Å². The first-order chi connectivity index (χ1) is 10.5. The summed E-state index contributed by atoms with van der Waals surface area (Å²) in [7, 11) is 0. The van der Waals surface area contributed by atoms with Crippen molar-refractivity contribution >= 4 is 23.1 Å². The molecular formula is C15H10ClF3N3. The van der Waals surface area contributed by atoms with Crippen LogP contribution in [0.4, 0.5) is 18.9 Å². The van der Waals surface area contributed by atoms with E-state index in [4.69, 9.17) is 11.6 Å². The summed E-state index contributed by atoms with van der Waals surface area (Å²) in [6, 6.07) is 7.20. The molecule has 0 aliphatic carbocycles. The second-order valence-corrected chi connectivity index (χ2v) is 4.93. The van der Waals surface area contributed by atoms with E-state index in [0.29, 0.717) is 17.1 Å². The first kappa shape index (κ1) is 14.8. The van der Waals surface area contributed by atoms with Crippen molar-refractivity contribution in [3.05, 3.63) is 54.2 Å². The van der Waals surface area contributed by atoms with Crippen LogP contribution in [0.1, 0.15) is 11.1 Å². The van der Waals surface area contributed by atoms with Gasteiger partial charge >= 0.3 is 6.18 Å². The molecule has 0 saturated carbocycles. The molecule has 1 N–H and O–H groups in total. The van der Waals surface area contributed by atoms with Crippen LogP contribution in [0, 0.1) is 6.54 Å². The standard InChI is InChI=1S/C15H10ClF3N3/c16-7-13-21-8-10-4-3-9(6-12(10)22-13)14-11(15(17,18)19)2-1-5-20-14/h1-6,8H,7H2,(H,21,22). The molecule has 3 nitrogen and oxygen atoms in total. The van der Waals surface area contributed by atoms with Crippen molar-refractivity contribution in [3.63, 3.8) is 0 Å². The molecule has 1 aromatic carbocycles. The van der Waals surface area contributed by atoms with Crippen LogP contribution >= 0.6 is 11.6 Å². The molecule has 0 atom stereocenters. The first-order valence-corrected chi connectivity index (χ1v) is 6.92. The van der Waals surface area contributed by atoms with Crippen LogP contribution in [-0.4, -0.2) is 16.7 Å². The summed E-state index contributed by atoms with van der Waals surface area (Å²) in [5.74, 6) is 0.737. The lowest BCUT2D eigenvalue weighted by Gasteiger charge is -2.18. The molecule has 1 aliphatic rings. The predicted molar refractivity (Wildman–Crippen MR) is 79.9 cm³/mol. The van der Waals surface area contributed by atoms with E-state index >= 15 is 0 Å². The minimum absolute atomic E-state index is 0.102. The second kappa shape index (κ2) is 5.61. The number of hydrogen-bond acceptors (Lipinski definition) is 3. The predicted octanol–water partition coefficient (Wildman–Crippen LogP) is 4.34. The van der Waals surface area contributed by atoms with Crippen molar-refractivity contribution in [1.82, 2.24) is 4.98 Å². The number of halogens is 4. The average Bonchev–Trinajstić information content (AvgIpc) is 2.53. The number of benzene rings is 1. The molecule has 2 aromatic rings. The number of aromatic nitrogens is 1. The molecule has 2 heterocycles. The van der Waals surface area contributed by atoms with Crippen molar-refractivity contribution in [1.29, 1.82) is 0 Å². The Morgan fingerprint density at radius 3 is 2.73 bits per heavy atom. The molecular weight excluding hydrogens is 315 g/mol. The summed E-state index contributed by atoms with van der Waals surface area (Å²) in [4.78, 5) is 7.99. The zero-order valence-electron chi connectivity index (χ0n) is 11.2. The summed E-state index contributed by atoms with van der Waals surface area (Å²) in [6.45, 7) is 1.62. The third-order valence-electron chi connectivity index (χ3n) is 3.20. The Labute approximate surface area is 129 Å². The monoisotopic (exact) mass is 324 g/mol. The molecule has 0 saturated heterocycles. The maximum absolute atomic E-state index is 13.1. The number of nitrogens with one attached hydrogen (secondary N) is 1. The van der Waals surface area contributed by atoms with Crippen molar-refractivity contribution in [2.45, 2.75) is 6.18 Å². The number of hydrogen-bond donors (Lipinski definition) is 1. The van der Waals surface area contributed by atoms with E-state index in [0.717, 1.165) is 11.6 Å². The summed E-state index contributed by atoms with van der Waals surface area (Å²) >= 11 is 5.71. The highest BCUT2D eigenvalue weighted by atomic mass is 35.5. The van der Waals surface area contributed by atoms with Gasteiger partial charge in [0.1, 0.15) is 12.4 Å². The Bertz CT molecular complexity index is 741. The zero-order valence-corrected chi connectivity index (χ0v) is 11.9. The van der Waals surface area contributed by atoms with Gasteiger partial charge in [0.2, 0.25) is 0 Å². The molecule has 0 amide bonds. The van der Waals surface area contributed by atoms with Gasteiger partial charge in [0.15, 0.2) is 0 Å². The van der Waals surface area contributed by atoms with Crippen molar-refractivity contribution in [3.8, 4) is 11.3 Å². The van der Waals surface area contributed by atoms with Crippen LogP contribution in [0.3, 0.4) is 0 Å². The van der Waals surface area contributed by atoms with Crippen molar-refractivity contribution < 1.29 is 13.2 Å². The number of nitrogens with zero attached hydrogens (tertiary/aromatic N) is 2. The van der Waals surface area contributed by atoms with E-state index in [1.807, 2.05) is 0 Å². The third-order valence-corrected chi connectivity index (χ3v) is 3.46. The van der Waals surface area contributed by atoms with Gasteiger partial charge in [-0.25, -0.2) is 0 Å². The zero-order chi connectivity index (χ0) is 15.7. The fourth-order valence-electron chi connectivity index (χ4n) is 2.19. The molecule has 7 heteroatoms. The van der Waals surface area contributed by atoms with Gasteiger partial charge in [-0.05, 0) is 18.2 Å². The fraction of sp³-hybridized carbons (Fsp3) is 0.133. The van der Waals surface area contributed by atoms with Gasteiger partial charge in [-0.1, -0.05) is 12.1 Å². The minimum Gasteiger partial charge on any atom is -0.343 e. The van der Waals surface area contributed by atoms with Crippen LogP contribution in [0.5, 0.6) is 0 Å². The Kier molecular flexibility index (Phi) is 3.78. The molecule has 1 aromatic heterocycles. The SMILES string of the molecule is FC(F)(F)c1cccnc1-c1ccc2c(c1)NC(CCl)=N[CH]2. The highest BCUT2D eigenvalue weighted by Crippen LogP contribution is 2.37. The highest BCUT2D eigenvalue weighted by Gasteiger charge is 2.34. The number of anilines is 1. The topological polar surface area (TPSA) is 37.3 Å². The highest BCUT2D eigenvalue weighted by molar-refractivity contribution is 6.30. The maximum atomic E-state index is 13.1. The van der Waals surface area contributed by atoms with E-state index in [1.54, 1.807) is 24.7 Å². The summed E-state index contributed by atoms with van der Waals surface area (Å²) in [6.07, 6.45) is -3.11. The van der Waals surface area contributed by atoms with Gasteiger partial charge in [-0.3, -0.25) is 9.98 Å². The lowest BCUT2D eigenvalue weighted by molar-refractivity contribution is -0.137. The van der Waals surface area contributed by atoms with Gasteiger partial charge < -0.3 is 5.32 Å². The average molecular weight is 325 g/mol. The molecule has 1 aliphatic heterocycles. The van der Waals surface area contributed by atoms with Crippen molar-refractivity contribution in [2.75, 3.05) is 11.2 Å². The van der Waals surface area contributed by atoms with E-state index in [2.05, 4.69) is 15.3 Å². The Balaban J connectivity index is 2.05. The van der Waals surface area contributed by atoms with Crippen LogP contribution in [0.2, 0.25) is 0 Å². The Hall–Kier alpha value is -2.08. The van der Waals surface area contributed by atoms with Crippen LogP contribution < -0.4 is 5.32 Å². The van der Waals surface area contributed by atoms with Gasteiger partial charge in [0.25, 0.3) is 0 Å². The van der Waals surface area contributed by atoms with E-state index < -0.39 is 11.7 Å². The second-order valence-electron chi connectivity index (χ2n) is 4.66. The van der Waals surface area contributed by atoms with Gasteiger partial charge in [0.05, 0.1) is 17.1 Å². The smallest absolute Gasteiger partial charge is 0.343 e. The number of amidine groups is 1. The molecule has 1 radical (unpaired) electrons. The van der Waals surface area contributed by atoms with Gasteiger partial charge in [-0.2, -0.15) is 13.2 Å². The molecule has 22 heavy (non-hydrogen) atoms. The van der Waals surface area contributed by atoms with Crippen LogP contribution in [-0.2, 0) is 6.18 Å². The summed E-state index contributed by atoms with van der Waals surface area (Å²) in [5, 5.41) is 2.99. The van der Waals surface area contributed by atoms with E-state index in [1.165, 1.54) is 12.3 Å². The third kappa shape index (κ3) is 2.78. The van der Waals surface area contributed by atoms with Crippen LogP contribution in [0.25, 0.3) is 11.3 Å². The van der Waals surface area contributed by atoms with Gasteiger partial charge in [0, 0.05) is 23.0 Å². The lowest BCUT2D eigenvalue weighted by Crippen LogP contribution is -2.18. The fourth-order valence-corrected chi connectivity index (χ4v) is 2.33.